The molecule has 0 spiro atoms. The number of amides is 1. The van der Waals surface area contributed by atoms with E-state index in [-0.39, 0.29) is 12.2 Å². The van der Waals surface area contributed by atoms with E-state index < -0.39 is 16.8 Å². The van der Waals surface area contributed by atoms with Crippen LogP contribution in [-0.2, 0) is 17.4 Å². The van der Waals surface area contributed by atoms with Gasteiger partial charge in [-0.2, -0.15) is 0 Å². The number of halogens is 1. The summed E-state index contributed by atoms with van der Waals surface area (Å²) in [4.78, 5) is 17.0. The molecule has 1 fully saturated rings. The number of unbranched alkanes of at least 4 members (excludes halogenated alkanes) is 2. The van der Waals surface area contributed by atoms with E-state index in [1.165, 1.54) is 25.7 Å². The Morgan fingerprint density at radius 1 is 1.28 bits per heavy atom. The Bertz CT molecular complexity index is 991. The minimum absolute atomic E-state index is 0.117. The summed E-state index contributed by atoms with van der Waals surface area (Å²) in [5.74, 6) is 1.40. The molecule has 1 saturated carbocycles. The van der Waals surface area contributed by atoms with Crippen molar-refractivity contribution in [3.05, 3.63) is 46.5 Å². The second-order valence-corrected chi connectivity index (χ2v) is 9.75. The third-order valence-electron chi connectivity index (χ3n) is 5.93. The lowest BCUT2D eigenvalue weighted by atomic mass is 10.1. The molecule has 32 heavy (non-hydrogen) atoms. The number of carbonyl (C=O) groups excluding carboxylic acids is 1. The number of aromatic nitrogens is 2. The van der Waals surface area contributed by atoms with Crippen molar-refractivity contribution in [2.24, 2.45) is 5.92 Å². The van der Waals surface area contributed by atoms with Gasteiger partial charge in [0, 0.05) is 17.8 Å². The van der Waals surface area contributed by atoms with E-state index in [2.05, 4.69) is 4.98 Å². The van der Waals surface area contributed by atoms with Crippen molar-refractivity contribution in [1.29, 1.82) is 0 Å². The van der Waals surface area contributed by atoms with Gasteiger partial charge in [0.05, 0.1) is 13.2 Å². The number of aryl methyl sites for hydroxylation is 1. The fourth-order valence-electron chi connectivity index (χ4n) is 3.99. The fourth-order valence-corrected chi connectivity index (χ4v) is 4.78. The predicted molar refractivity (Wildman–Crippen MR) is 126 cm³/mol. The van der Waals surface area contributed by atoms with Crippen LogP contribution in [-0.4, -0.2) is 41.3 Å². The molecule has 0 saturated heterocycles. The van der Waals surface area contributed by atoms with Crippen LogP contribution in [0, 0.1) is 12.8 Å². The van der Waals surface area contributed by atoms with E-state index in [9.17, 15) is 13.2 Å². The van der Waals surface area contributed by atoms with Gasteiger partial charge >= 0.3 is 0 Å². The van der Waals surface area contributed by atoms with Crippen LogP contribution in [0.25, 0.3) is 0 Å². The molecule has 1 aliphatic carbocycles. The van der Waals surface area contributed by atoms with Crippen molar-refractivity contribution >= 4 is 28.4 Å². The van der Waals surface area contributed by atoms with Gasteiger partial charge in [0.15, 0.2) is 0 Å². The second-order valence-electron chi connectivity index (χ2n) is 8.39. The molecule has 176 valence electrons. The smallest absolute Gasteiger partial charge is 0.287 e. The van der Waals surface area contributed by atoms with Gasteiger partial charge in [0.1, 0.15) is 17.3 Å². The van der Waals surface area contributed by atoms with Crippen molar-refractivity contribution in [2.45, 2.75) is 65.3 Å². The number of rotatable bonds is 11. The highest BCUT2D eigenvalue weighted by molar-refractivity contribution is 7.70. The molecule has 7 nitrogen and oxygen atoms in total. The minimum atomic E-state index is -3.01. The van der Waals surface area contributed by atoms with E-state index in [0.717, 1.165) is 35.1 Å². The lowest BCUT2D eigenvalue weighted by molar-refractivity contribution is 0.0858. The molecule has 1 aromatic heterocycles. The first-order valence-corrected chi connectivity index (χ1v) is 12.8. The molecular formula is C23H32ClN3O4S. The molecule has 1 aromatic carbocycles. The topological polar surface area (TPSA) is 81.5 Å². The molecular weight excluding hydrogens is 450 g/mol. The molecule has 3 rings (SSSR count). The zero-order chi connectivity index (χ0) is 23.1. The summed E-state index contributed by atoms with van der Waals surface area (Å²) >= 11 is 6.49. The Morgan fingerprint density at radius 3 is 2.69 bits per heavy atom. The Morgan fingerprint density at radius 2 is 2.03 bits per heavy atom. The van der Waals surface area contributed by atoms with Crippen LogP contribution in [0.4, 0.5) is 0 Å². The van der Waals surface area contributed by atoms with Gasteiger partial charge in [-0.05, 0) is 49.8 Å². The number of carbonyl (C=O) groups is 1. The third kappa shape index (κ3) is 6.48. The summed E-state index contributed by atoms with van der Waals surface area (Å²) in [5, 5.41) is 0.582. The van der Waals surface area contributed by atoms with Gasteiger partial charge in [0.2, 0.25) is 10.9 Å². The van der Waals surface area contributed by atoms with Crippen LogP contribution in [0.1, 0.15) is 73.7 Å². The normalized spacial score (nSPS) is 14.2. The highest BCUT2D eigenvalue weighted by Gasteiger charge is 2.21. The van der Waals surface area contributed by atoms with Crippen LogP contribution in [0.5, 0.6) is 5.75 Å². The minimum Gasteiger partial charge on any atom is -0.493 e. The molecule has 1 aliphatic rings. The first kappa shape index (κ1) is 24.6. The molecule has 0 bridgehead atoms. The number of thiol groups is 1. The maximum Gasteiger partial charge on any atom is 0.287 e. The Labute approximate surface area is 196 Å². The van der Waals surface area contributed by atoms with Crippen molar-refractivity contribution in [1.82, 2.24) is 13.9 Å². The highest BCUT2D eigenvalue weighted by atomic mass is 35.5. The molecule has 0 radical (unpaired) electrons. The maximum absolute atomic E-state index is 12.7. The molecule has 0 N–H and O–H groups in total. The predicted octanol–water partition coefficient (Wildman–Crippen LogP) is 4.62. The highest BCUT2D eigenvalue weighted by Crippen LogP contribution is 2.28. The van der Waals surface area contributed by atoms with Crippen molar-refractivity contribution in [3.8, 4) is 5.75 Å². The summed E-state index contributed by atoms with van der Waals surface area (Å²) in [6, 6.07) is 5.65. The summed E-state index contributed by atoms with van der Waals surface area (Å²) in [6.07, 6.45) is 9.04. The lowest BCUT2D eigenvalue weighted by Crippen LogP contribution is -2.30. The van der Waals surface area contributed by atoms with E-state index >= 15 is 0 Å². The van der Waals surface area contributed by atoms with Crippen LogP contribution in [0.15, 0.2) is 24.4 Å². The number of nitrogens with zero attached hydrogens (tertiary/aromatic N) is 3. The van der Waals surface area contributed by atoms with Gasteiger partial charge in [0.25, 0.3) is 5.91 Å². The Hall–Kier alpha value is -2.06. The quantitative estimate of drug-likeness (QED) is 0.374. The molecule has 0 unspecified atom stereocenters. The van der Waals surface area contributed by atoms with Crippen molar-refractivity contribution < 1.29 is 17.9 Å². The van der Waals surface area contributed by atoms with E-state index in [1.54, 1.807) is 17.7 Å². The molecule has 1 amide bonds. The van der Waals surface area contributed by atoms with E-state index in [4.69, 9.17) is 16.3 Å². The molecule has 0 atom stereocenters. The summed E-state index contributed by atoms with van der Waals surface area (Å²) in [7, 11) is -3.01. The van der Waals surface area contributed by atoms with E-state index in [0.29, 0.717) is 29.7 Å². The fraction of sp³-hybridized carbons (Fsp3) is 0.565. The average molecular weight is 482 g/mol. The molecule has 1 heterocycles. The van der Waals surface area contributed by atoms with Gasteiger partial charge in [-0.1, -0.05) is 50.3 Å². The first-order valence-electron chi connectivity index (χ1n) is 11.3. The van der Waals surface area contributed by atoms with Gasteiger partial charge < -0.3 is 9.30 Å². The number of hydrogen-bond donors (Lipinski definition) is 1. The number of imidazole rings is 1. The Kier molecular flexibility index (Phi) is 8.99. The van der Waals surface area contributed by atoms with E-state index in [1.807, 2.05) is 25.1 Å². The summed E-state index contributed by atoms with van der Waals surface area (Å²) in [6.45, 7) is 5.12. The first-order chi connectivity index (χ1) is 15.4. The van der Waals surface area contributed by atoms with Crippen LogP contribution >= 0.6 is 11.6 Å². The summed E-state index contributed by atoms with van der Waals surface area (Å²) < 4.78 is 31.8. The SMILES string of the molecule is CCCCCN(C(=O)c1cn(Cc2ccc(OCC3CCCC3)cc2Cl)c(C)n1)[SH](=O)=O. The molecule has 2 aromatic rings. The third-order valence-corrected chi connectivity index (χ3v) is 7.05. The largest absolute Gasteiger partial charge is 0.493 e. The van der Waals surface area contributed by atoms with Gasteiger partial charge in [-0.3, -0.25) is 4.79 Å². The Balaban J connectivity index is 1.66. The summed E-state index contributed by atoms with van der Waals surface area (Å²) in [5.41, 5.74) is 0.986. The monoisotopic (exact) mass is 481 g/mol. The number of ether oxygens (including phenoxy) is 1. The average Bonchev–Trinajstić information content (AvgIpc) is 3.41. The van der Waals surface area contributed by atoms with Crippen molar-refractivity contribution in [2.75, 3.05) is 13.2 Å². The van der Waals surface area contributed by atoms with Crippen LogP contribution in [0.2, 0.25) is 5.02 Å². The second kappa shape index (κ2) is 11.7. The van der Waals surface area contributed by atoms with Crippen LogP contribution < -0.4 is 4.74 Å². The zero-order valence-corrected chi connectivity index (χ0v) is 20.4. The van der Waals surface area contributed by atoms with Crippen molar-refractivity contribution in [3.63, 3.8) is 0 Å². The lowest BCUT2D eigenvalue weighted by Gasteiger charge is -2.14. The zero-order valence-electron chi connectivity index (χ0n) is 18.8. The molecule has 9 heteroatoms. The number of hydrogen-bond acceptors (Lipinski definition) is 5. The number of benzene rings is 1. The van der Waals surface area contributed by atoms with Gasteiger partial charge in [-0.25, -0.2) is 17.7 Å². The van der Waals surface area contributed by atoms with Gasteiger partial charge in [-0.15, -0.1) is 0 Å². The molecule has 0 aliphatic heterocycles. The standard InChI is InChI=1S/C23H32ClN3O4S/c1-3-4-7-12-27(32(29)30)23(28)22-15-26(17(2)25-22)14-19-10-11-20(13-21(19)24)31-16-18-8-5-6-9-18/h10-11,13,15,18,32H,3-9,12,14,16H2,1-2H3. The maximum atomic E-state index is 12.7. The van der Waals surface area contributed by atoms with Crippen LogP contribution in [0.3, 0.4) is 0 Å².